The quantitative estimate of drug-likeness (QED) is 0.688. The van der Waals surface area contributed by atoms with Crippen LogP contribution in [0.5, 0.6) is 0 Å². The summed E-state index contributed by atoms with van der Waals surface area (Å²) in [6.45, 7) is 6.97. The Labute approximate surface area is 173 Å². The first-order valence-corrected chi connectivity index (χ1v) is 13.5. The molecular formula is C20H32N4O2S2. The van der Waals surface area contributed by atoms with Gasteiger partial charge in [-0.15, -0.1) is 11.3 Å². The van der Waals surface area contributed by atoms with Crippen LogP contribution in [0.4, 0.5) is 0 Å². The summed E-state index contributed by atoms with van der Waals surface area (Å²) in [5.41, 5.74) is 2.08. The molecule has 0 aliphatic heterocycles. The maximum absolute atomic E-state index is 12.9. The van der Waals surface area contributed by atoms with Gasteiger partial charge < -0.3 is 10.1 Å². The van der Waals surface area contributed by atoms with Gasteiger partial charge in [-0.3, -0.25) is 4.79 Å². The Bertz CT molecular complexity index is 822. The van der Waals surface area contributed by atoms with Gasteiger partial charge in [0.25, 0.3) is 5.91 Å². The van der Waals surface area contributed by atoms with Crippen molar-refractivity contribution in [3.8, 4) is 10.7 Å². The monoisotopic (exact) mass is 424 g/mol. The van der Waals surface area contributed by atoms with E-state index in [1.54, 1.807) is 22.2 Å². The van der Waals surface area contributed by atoms with Crippen LogP contribution >= 0.6 is 21.4 Å². The number of carbonyl (C=O) groups excluding carboxylic acids is 1. The van der Waals surface area contributed by atoms with Crippen LogP contribution < -0.4 is 5.32 Å². The predicted molar refractivity (Wildman–Crippen MR) is 119 cm³/mol. The molecule has 1 N–H and O–H groups in total. The maximum atomic E-state index is 12.9. The summed E-state index contributed by atoms with van der Waals surface area (Å²) in [5, 5.41) is 8.54. The van der Waals surface area contributed by atoms with Gasteiger partial charge in [0.05, 0.1) is 17.9 Å². The second kappa shape index (κ2) is 8.16. The Morgan fingerprint density at radius 2 is 2.07 bits per heavy atom. The topological polar surface area (TPSA) is 69.0 Å². The lowest BCUT2D eigenvalue weighted by atomic mass is 10.1. The van der Waals surface area contributed by atoms with E-state index in [2.05, 4.69) is 29.2 Å². The summed E-state index contributed by atoms with van der Waals surface area (Å²) in [7, 11) is -0.584. The molecule has 1 aliphatic carbocycles. The molecule has 8 heteroatoms. The van der Waals surface area contributed by atoms with Gasteiger partial charge in [0.2, 0.25) is 0 Å². The second-order valence-corrected chi connectivity index (χ2v) is 14.9. The smallest absolute Gasteiger partial charge is 0.255 e. The van der Waals surface area contributed by atoms with Gasteiger partial charge >= 0.3 is 0 Å². The van der Waals surface area contributed by atoms with Crippen LogP contribution in [0, 0.1) is 0 Å². The highest BCUT2D eigenvalue weighted by Crippen LogP contribution is 2.35. The van der Waals surface area contributed by atoms with Crippen molar-refractivity contribution < 1.29 is 9.53 Å². The van der Waals surface area contributed by atoms with Gasteiger partial charge in [-0.05, 0) is 58.8 Å². The second-order valence-electron chi connectivity index (χ2n) is 9.21. The summed E-state index contributed by atoms with van der Waals surface area (Å²) in [6, 6.07) is 0. The first kappa shape index (κ1) is 21.3. The molecule has 0 unspecified atom stereocenters. The van der Waals surface area contributed by atoms with Crippen molar-refractivity contribution in [2.24, 2.45) is 0 Å². The number of rotatable bonds is 7. The van der Waals surface area contributed by atoms with E-state index in [0.717, 1.165) is 23.6 Å². The molecule has 156 valence electrons. The standard InChI is InChI=1S/C20H32N4O2S2/c1-20(2,3)22-18(25)14-12-24(13-26-10-11-28(4,5)6)23-17(14)19-21-15-8-7-9-16(15)27-19/h12H,7-11,13H2,1-6H3,(H,22,25). The molecule has 0 fully saturated rings. The average Bonchev–Trinajstić information content (AvgIpc) is 3.22. The van der Waals surface area contributed by atoms with Crippen LogP contribution in [0.1, 0.15) is 48.1 Å². The molecule has 0 spiro atoms. The number of nitrogens with zero attached hydrogens (tertiary/aromatic N) is 3. The Balaban J connectivity index is 1.81. The number of nitrogens with one attached hydrogen (secondary N) is 1. The Hall–Kier alpha value is -1.38. The zero-order chi connectivity index (χ0) is 20.5. The highest BCUT2D eigenvalue weighted by atomic mass is 32.3. The molecule has 0 saturated heterocycles. The Morgan fingerprint density at radius 3 is 2.71 bits per heavy atom. The molecule has 0 atom stereocenters. The van der Waals surface area contributed by atoms with Gasteiger partial charge in [0.1, 0.15) is 17.4 Å². The summed E-state index contributed by atoms with van der Waals surface area (Å²) in [6.07, 6.45) is 11.9. The molecule has 1 amide bonds. The summed E-state index contributed by atoms with van der Waals surface area (Å²) >= 11 is 1.67. The fourth-order valence-corrected chi connectivity index (χ4v) is 4.74. The van der Waals surface area contributed by atoms with Crippen LogP contribution in [0.3, 0.4) is 0 Å². The fraction of sp³-hybridized carbons (Fsp3) is 0.650. The highest BCUT2D eigenvalue weighted by Gasteiger charge is 2.26. The minimum Gasteiger partial charge on any atom is -0.358 e. The average molecular weight is 425 g/mol. The highest BCUT2D eigenvalue weighted by molar-refractivity contribution is 8.32. The first-order valence-electron chi connectivity index (χ1n) is 9.64. The minimum atomic E-state index is -0.584. The van der Waals surface area contributed by atoms with Crippen molar-refractivity contribution in [2.45, 2.75) is 52.3 Å². The van der Waals surface area contributed by atoms with Crippen molar-refractivity contribution >= 4 is 27.3 Å². The summed E-state index contributed by atoms with van der Waals surface area (Å²) in [5.74, 6) is 0.931. The minimum absolute atomic E-state index is 0.122. The molecule has 2 aromatic heterocycles. The Morgan fingerprint density at radius 1 is 1.32 bits per heavy atom. The van der Waals surface area contributed by atoms with Gasteiger partial charge in [-0.1, -0.05) is 0 Å². The zero-order valence-electron chi connectivity index (χ0n) is 17.8. The molecule has 0 radical (unpaired) electrons. The van der Waals surface area contributed by atoms with E-state index in [0.29, 0.717) is 24.6 Å². The molecule has 0 bridgehead atoms. The number of ether oxygens (including phenoxy) is 1. The third-order valence-corrected chi connectivity index (χ3v) is 6.91. The van der Waals surface area contributed by atoms with Crippen molar-refractivity contribution in [3.63, 3.8) is 0 Å². The van der Waals surface area contributed by atoms with E-state index in [1.807, 2.05) is 20.8 Å². The van der Waals surface area contributed by atoms with Crippen molar-refractivity contribution in [3.05, 3.63) is 22.3 Å². The molecule has 2 heterocycles. The molecule has 28 heavy (non-hydrogen) atoms. The molecular weight excluding hydrogens is 392 g/mol. The van der Waals surface area contributed by atoms with Gasteiger partial charge in [0.15, 0.2) is 0 Å². The number of hydrogen-bond donors (Lipinski definition) is 1. The summed E-state index contributed by atoms with van der Waals surface area (Å²) in [4.78, 5) is 19.0. The third-order valence-electron chi connectivity index (χ3n) is 4.36. The molecule has 6 nitrogen and oxygen atoms in total. The van der Waals surface area contributed by atoms with Crippen molar-refractivity contribution in [1.82, 2.24) is 20.1 Å². The Kier molecular flexibility index (Phi) is 6.22. The van der Waals surface area contributed by atoms with Crippen LogP contribution in [-0.4, -0.2) is 57.3 Å². The fourth-order valence-electron chi connectivity index (χ4n) is 2.98. The van der Waals surface area contributed by atoms with Crippen LogP contribution in [-0.2, 0) is 24.3 Å². The normalized spacial score (nSPS) is 14.9. The lowest BCUT2D eigenvalue weighted by Crippen LogP contribution is -2.40. The molecule has 0 aromatic carbocycles. The first-order chi connectivity index (χ1) is 13.0. The van der Waals surface area contributed by atoms with Crippen LogP contribution in [0.25, 0.3) is 10.7 Å². The van der Waals surface area contributed by atoms with E-state index in [4.69, 9.17) is 9.72 Å². The van der Waals surface area contributed by atoms with E-state index in [9.17, 15) is 4.79 Å². The number of thiazole rings is 1. The molecule has 3 rings (SSSR count). The summed E-state index contributed by atoms with van der Waals surface area (Å²) < 4.78 is 7.53. The van der Waals surface area contributed by atoms with Gasteiger partial charge in [-0.25, -0.2) is 19.7 Å². The lowest BCUT2D eigenvalue weighted by molar-refractivity contribution is 0.0808. The number of amides is 1. The number of fused-ring (bicyclic) bond motifs is 1. The van der Waals surface area contributed by atoms with E-state index < -0.39 is 10.0 Å². The van der Waals surface area contributed by atoms with Crippen LogP contribution in [0.15, 0.2) is 6.20 Å². The van der Waals surface area contributed by atoms with Gasteiger partial charge in [0, 0.05) is 22.4 Å². The van der Waals surface area contributed by atoms with Crippen LogP contribution in [0.2, 0.25) is 0 Å². The van der Waals surface area contributed by atoms with Crippen molar-refractivity contribution in [2.75, 3.05) is 31.1 Å². The maximum Gasteiger partial charge on any atom is 0.255 e. The SMILES string of the molecule is CC(C)(C)NC(=O)c1cn(COCCS(C)(C)C)nc1-c1nc2c(s1)CCC2. The molecule has 2 aromatic rings. The zero-order valence-corrected chi connectivity index (χ0v) is 19.4. The van der Waals surface area contributed by atoms with Gasteiger partial charge in [-0.2, -0.15) is 5.10 Å². The number of aryl methyl sites for hydroxylation is 2. The molecule has 0 saturated carbocycles. The van der Waals surface area contributed by atoms with E-state index >= 15 is 0 Å². The van der Waals surface area contributed by atoms with E-state index in [1.165, 1.54) is 17.0 Å². The number of hydrogen-bond acceptors (Lipinski definition) is 5. The molecule has 1 aliphatic rings. The third kappa shape index (κ3) is 5.58. The predicted octanol–water partition coefficient (Wildman–Crippen LogP) is 3.69. The lowest BCUT2D eigenvalue weighted by Gasteiger charge is -2.24. The van der Waals surface area contributed by atoms with E-state index in [-0.39, 0.29) is 11.4 Å². The number of carbonyl (C=O) groups is 1. The number of aromatic nitrogens is 3. The van der Waals surface area contributed by atoms with Crippen molar-refractivity contribution in [1.29, 1.82) is 0 Å². The largest absolute Gasteiger partial charge is 0.358 e.